The van der Waals surface area contributed by atoms with E-state index >= 15 is 0 Å². The molecule has 0 fully saturated rings. The van der Waals surface area contributed by atoms with Gasteiger partial charge in [-0.25, -0.2) is 0 Å². The number of aryl methyl sites for hydroxylation is 1. The van der Waals surface area contributed by atoms with Crippen LogP contribution in [0.15, 0.2) is 56.8 Å². The van der Waals surface area contributed by atoms with Gasteiger partial charge in [-0.05, 0) is 30.3 Å². The van der Waals surface area contributed by atoms with Crippen molar-refractivity contribution in [2.24, 2.45) is 0 Å². The second-order valence-electron chi connectivity index (χ2n) is 4.00. The molecule has 2 rings (SSSR count). The van der Waals surface area contributed by atoms with Crippen LogP contribution in [0.3, 0.4) is 0 Å². The number of halogens is 1. The first-order chi connectivity index (χ1) is 9.06. The highest BCUT2D eigenvalue weighted by Gasteiger charge is 2.05. The molecule has 0 saturated heterocycles. The number of nitrogens with zero attached hydrogens (tertiary/aromatic N) is 1. The minimum absolute atomic E-state index is 0.137. The molecule has 4 nitrogen and oxygen atoms in total. The van der Waals surface area contributed by atoms with E-state index in [0.717, 1.165) is 9.37 Å². The maximum absolute atomic E-state index is 12.1. The predicted molar refractivity (Wildman–Crippen MR) is 80.5 cm³/mol. The Labute approximate surface area is 121 Å². The van der Waals surface area contributed by atoms with Crippen LogP contribution in [0.25, 0.3) is 0 Å². The Balaban J connectivity index is 2.06. The van der Waals surface area contributed by atoms with E-state index in [1.54, 1.807) is 12.3 Å². The lowest BCUT2D eigenvalue weighted by molar-refractivity contribution is 0.669. The van der Waals surface area contributed by atoms with Gasteiger partial charge in [0, 0.05) is 39.6 Å². The van der Waals surface area contributed by atoms with Gasteiger partial charge in [0.05, 0.1) is 10.8 Å². The molecular weight excluding hydrogens is 328 g/mol. The zero-order valence-electron chi connectivity index (χ0n) is 10.1. The van der Waals surface area contributed by atoms with Crippen LogP contribution in [0.2, 0.25) is 0 Å². The van der Waals surface area contributed by atoms with Crippen molar-refractivity contribution in [3.05, 3.63) is 57.4 Å². The van der Waals surface area contributed by atoms with Crippen LogP contribution in [-0.4, -0.2) is 14.5 Å². The van der Waals surface area contributed by atoms with Gasteiger partial charge < -0.3 is 10.3 Å². The maximum atomic E-state index is 12.1. The fraction of sp³-hybridized carbons (Fsp3) is 0.154. The summed E-state index contributed by atoms with van der Waals surface area (Å²) in [6, 6.07) is 10.3. The van der Waals surface area contributed by atoms with Crippen molar-refractivity contribution < 1.29 is 4.21 Å². The Morgan fingerprint density at radius 1 is 1.16 bits per heavy atom. The van der Waals surface area contributed by atoms with Crippen molar-refractivity contribution in [3.63, 3.8) is 0 Å². The van der Waals surface area contributed by atoms with Gasteiger partial charge in [-0.1, -0.05) is 15.9 Å². The second kappa shape index (κ2) is 6.16. The summed E-state index contributed by atoms with van der Waals surface area (Å²) < 4.78 is 14.5. The van der Waals surface area contributed by atoms with Gasteiger partial charge in [-0.3, -0.25) is 9.00 Å². The summed E-state index contributed by atoms with van der Waals surface area (Å²) >= 11 is 3.33. The Kier molecular flexibility index (Phi) is 4.55. The highest BCUT2D eigenvalue weighted by atomic mass is 79.9. The van der Waals surface area contributed by atoms with Crippen LogP contribution in [0.5, 0.6) is 0 Å². The van der Waals surface area contributed by atoms with E-state index in [0.29, 0.717) is 18.0 Å². The van der Waals surface area contributed by atoms with Crippen LogP contribution in [0.4, 0.5) is 5.69 Å². The van der Waals surface area contributed by atoms with Crippen molar-refractivity contribution >= 4 is 32.4 Å². The lowest BCUT2D eigenvalue weighted by atomic mass is 10.4. The summed E-state index contributed by atoms with van der Waals surface area (Å²) in [4.78, 5) is 12.3. The van der Waals surface area contributed by atoms with Gasteiger partial charge in [0.1, 0.15) is 0 Å². The fourth-order valence-corrected chi connectivity index (χ4v) is 2.91. The van der Waals surface area contributed by atoms with Crippen molar-refractivity contribution in [2.75, 3.05) is 11.5 Å². The Bertz CT molecular complexity index is 652. The van der Waals surface area contributed by atoms with E-state index < -0.39 is 10.8 Å². The number of pyridine rings is 1. The first-order valence-electron chi connectivity index (χ1n) is 5.66. The van der Waals surface area contributed by atoms with Crippen LogP contribution >= 0.6 is 15.9 Å². The second-order valence-corrected chi connectivity index (χ2v) is 6.48. The molecule has 0 spiro atoms. The summed E-state index contributed by atoms with van der Waals surface area (Å²) in [5, 5.41) is 0. The SMILES string of the molecule is Nc1ccc(=O)n(CCS(=O)c2ccc(Br)cc2)c1. The summed E-state index contributed by atoms with van der Waals surface area (Å²) in [6.07, 6.45) is 1.57. The van der Waals surface area contributed by atoms with Gasteiger partial charge in [0.2, 0.25) is 0 Å². The number of nitrogens with two attached hydrogens (primary N) is 1. The van der Waals surface area contributed by atoms with Crippen LogP contribution in [0, 0.1) is 0 Å². The highest BCUT2D eigenvalue weighted by Crippen LogP contribution is 2.13. The average Bonchev–Trinajstić information content (AvgIpc) is 2.40. The molecule has 0 bridgehead atoms. The van der Waals surface area contributed by atoms with Gasteiger partial charge in [-0.15, -0.1) is 0 Å². The van der Waals surface area contributed by atoms with Gasteiger partial charge in [0.15, 0.2) is 0 Å². The number of benzene rings is 1. The molecule has 1 heterocycles. The molecule has 1 unspecified atom stereocenters. The molecule has 1 aromatic heterocycles. The zero-order valence-corrected chi connectivity index (χ0v) is 12.5. The first-order valence-corrected chi connectivity index (χ1v) is 7.77. The number of anilines is 1. The highest BCUT2D eigenvalue weighted by molar-refractivity contribution is 9.10. The van der Waals surface area contributed by atoms with Crippen molar-refractivity contribution in [1.82, 2.24) is 4.57 Å². The van der Waals surface area contributed by atoms with Crippen LogP contribution < -0.4 is 11.3 Å². The zero-order chi connectivity index (χ0) is 13.8. The molecule has 6 heteroatoms. The number of hydrogen-bond acceptors (Lipinski definition) is 3. The molecule has 100 valence electrons. The largest absolute Gasteiger partial charge is 0.398 e. The van der Waals surface area contributed by atoms with E-state index in [1.807, 2.05) is 24.3 Å². The molecule has 0 radical (unpaired) electrons. The summed E-state index contributed by atoms with van der Waals surface area (Å²) in [5.74, 6) is 0.380. The van der Waals surface area contributed by atoms with E-state index in [4.69, 9.17) is 5.73 Å². The minimum Gasteiger partial charge on any atom is -0.398 e. The number of hydrogen-bond donors (Lipinski definition) is 1. The Morgan fingerprint density at radius 3 is 2.53 bits per heavy atom. The molecule has 0 saturated carbocycles. The summed E-state index contributed by atoms with van der Waals surface area (Å²) in [7, 11) is -1.13. The Morgan fingerprint density at radius 2 is 1.84 bits per heavy atom. The summed E-state index contributed by atoms with van der Waals surface area (Å²) in [6.45, 7) is 0.381. The molecule has 2 N–H and O–H groups in total. The molecule has 0 aliphatic rings. The maximum Gasteiger partial charge on any atom is 0.250 e. The third-order valence-corrected chi connectivity index (χ3v) is 4.48. The quantitative estimate of drug-likeness (QED) is 0.925. The molecule has 1 aromatic carbocycles. The molecule has 0 aliphatic heterocycles. The molecule has 0 aliphatic carbocycles. The van der Waals surface area contributed by atoms with Gasteiger partial charge in [-0.2, -0.15) is 0 Å². The topological polar surface area (TPSA) is 65.1 Å². The standard InChI is InChI=1S/C13H13BrN2O2S/c14-10-1-4-12(5-2-10)19(18)8-7-16-9-11(15)3-6-13(16)17/h1-6,9H,7-8,15H2. The summed E-state index contributed by atoms with van der Waals surface area (Å²) in [5.41, 5.74) is 6.01. The molecule has 19 heavy (non-hydrogen) atoms. The Hall–Kier alpha value is -1.40. The van der Waals surface area contributed by atoms with Crippen molar-refractivity contribution in [3.8, 4) is 0 Å². The third-order valence-electron chi connectivity index (χ3n) is 2.60. The van der Waals surface area contributed by atoms with E-state index in [9.17, 15) is 9.00 Å². The van der Waals surface area contributed by atoms with Gasteiger partial charge >= 0.3 is 0 Å². The monoisotopic (exact) mass is 340 g/mol. The fourth-order valence-electron chi connectivity index (χ4n) is 1.61. The number of aromatic nitrogens is 1. The van der Waals surface area contributed by atoms with Crippen molar-refractivity contribution in [2.45, 2.75) is 11.4 Å². The van der Waals surface area contributed by atoms with Crippen LogP contribution in [0.1, 0.15) is 0 Å². The van der Waals surface area contributed by atoms with Crippen LogP contribution in [-0.2, 0) is 17.3 Å². The van der Waals surface area contributed by atoms with Crippen molar-refractivity contribution in [1.29, 1.82) is 0 Å². The molecular formula is C13H13BrN2O2S. The molecule has 0 amide bonds. The third kappa shape index (κ3) is 3.78. The predicted octanol–water partition coefficient (Wildman–Crippen LogP) is 2.00. The lowest BCUT2D eigenvalue weighted by Gasteiger charge is -2.06. The number of rotatable bonds is 4. The lowest BCUT2D eigenvalue weighted by Crippen LogP contribution is -2.21. The normalized spacial score (nSPS) is 12.3. The number of nitrogen functional groups attached to an aromatic ring is 1. The van der Waals surface area contributed by atoms with E-state index in [2.05, 4.69) is 15.9 Å². The molecule has 1 atom stereocenters. The average molecular weight is 341 g/mol. The first kappa shape index (κ1) is 14.0. The van der Waals surface area contributed by atoms with E-state index in [-0.39, 0.29) is 5.56 Å². The molecule has 2 aromatic rings. The van der Waals surface area contributed by atoms with Gasteiger partial charge in [0.25, 0.3) is 5.56 Å². The smallest absolute Gasteiger partial charge is 0.250 e. The minimum atomic E-state index is -1.13. The van der Waals surface area contributed by atoms with E-state index in [1.165, 1.54) is 10.6 Å².